The summed E-state index contributed by atoms with van der Waals surface area (Å²) in [5.41, 5.74) is 31.9. The van der Waals surface area contributed by atoms with Crippen molar-refractivity contribution in [2.24, 2.45) is 20.9 Å². The Bertz CT molecular complexity index is 463. The number of aromatic nitrogens is 3. The van der Waals surface area contributed by atoms with Gasteiger partial charge in [-0.3, -0.25) is 0 Å². The van der Waals surface area contributed by atoms with Crippen LogP contribution in [-0.2, 0) is 0 Å². The predicted octanol–water partition coefficient (Wildman–Crippen LogP) is 2.28. The molecule has 0 aliphatic heterocycles. The molecule has 20 heavy (non-hydrogen) atoms. The number of nitrogens with zero attached hydrogens (tertiary/aromatic N) is 17. The highest BCUT2D eigenvalue weighted by Crippen LogP contribution is 2.03. The zero-order valence-electron chi connectivity index (χ0n) is 9.33. The third-order valence-electron chi connectivity index (χ3n) is 1.04. The van der Waals surface area contributed by atoms with E-state index in [0.29, 0.717) is 0 Å². The van der Waals surface area contributed by atoms with Crippen molar-refractivity contribution in [3.8, 4) is 0 Å². The highest BCUT2D eigenvalue weighted by Gasteiger charge is 2.13. The van der Waals surface area contributed by atoms with Crippen LogP contribution in [0.15, 0.2) is 39.9 Å². The lowest BCUT2D eigenvalue weighted by atomic mass is 11.1. The van der Waals surface area contributed by atoms with Crippen molar-refractivity contribution in [3.05, 3.63) is 60.8 Å². The van der Waals surface area contributed by atoms with E-state index in [1.807, 2.05) is 0 Å². The summed E-state index contributed by atoms with van der Waals surface area (Å²) in [7, 11) is 0. The maximum atomic E-state index is 7.99. The fourth-order valence-electron chi connectivity index (χ4n) is 0.527. The Morgan fingerprint density at radius 2 is 0.850 bits per heavy atom. The van der Waals surface area contributed by atoms with E-state index in [4.69, 9.17) is 22.1 Å². The van der Waals surface area contributed by atoms with Gasteiger partial charge < -0.3 is 0 Å². The molecule has 1 heterocycles. The second-order valence-corrected chi connectivity index (χ2v) is 2.05. The normalized spacial score (nSPS) is 7.00. The molecule has 0 amide bonds. The lowest BCUT2D eigenvalue weighted by molar-refractivity contribution is -0.0283. The van der Waals surface area contributed by atoms with Crippen LogP contribution in [0.4, 0.5) is 0 Å². The average molecular weight is 277 g/mol. The van der Waals surface area contributed by atoms with Gasteiger partial charge in [0.25, 0.3) is 0 Å². The maximum Gasteiger partial charge on any atom is 0.119 e. The molecule has 0 spiro atoms. The van der Waals surface area contributed by atoms with Crippen LogP contribution in [-0.4, -0.2) is 25.4 Å². The van der Waals surface area contributed by atoms with Crippen molar-refractivity contribution in [3.63, 3.8) is 0 Å². The second kappa shape index (κ2) is 11.3. The Balaban J connectivity index is 0.000000493. The zero-order valence-corrected chi connectivity index (χ0v) is 9.33. The lowest BCUT2D eigenvalue weighted by Crippen LogP contribution is -2.23. The average Bonchev–Trinajstić information content (AvgIpc) is 2.49. The van der Waals surface area contributed by atoms with Crippen LogP contribution in [0.25, 0.3) is 41.8 Å². The van der Waals surface area contributed by atoms with Gasteiger partial charge in [-0.05, 0) is 0 Å². The van der Waals surface area contributed by atoms with Gasteiger partial charge in [0.1, 0.15) is 19.0 Å². The van der Waals surface area contributed by atoms with Gasteiger partial charge in [-0.1, -0.05) is 0 Å². The van der Waals surface area contributed by atoms with Gasteiger partial charge in [-0.15, -0.1) is 22.1 Å². The topological polar surface area (TPSA) is 240 Å². The first-order valence-electron chi connectivity index (χ1n) is 4.15. The van der Waals surface area contributed by atoms with Crippen LogP contribution in [0.5, 0.6) is 0 Å². The molecule has 0 saturated carbocycles. The van der Waals surface area contributed by atoms with Crippen molar-refractivity contribution in [2.75, 3.05) is 0 Å². The summed E-state index contributed by atoms with van der Waals surface area (Å²) >= 11 is 0. The molecule has 0 aromatic carbocycles. The zero-order chi connectivity index (χ0) is 15.1. The fraction of sp³-hybridized carbons (Fsp3) is 0. The van der Waals surface area contributed by atoms with Crippen LogP contribution >= 0.6 is 0 Å². The number of hydrazine groups is 1. The molecular weight excluding hydrogens is 274 g/mol. The predicted molar refractivity (Wildman–Crippen MR) is 60.1 cm³/mol. The molecule has 0 saturated heterocycles. The maximum absolute atomic E-state index is 7.99. The summed E-state index contributed by atoms with van der Waals surface area (Å²) in [4.78, 5) is 19.6. The van der Waals surface area contributed by atoms with Gasteiger partial charge in [0.05, 0.1) is 0 Å². The molecule has 0 aliphatic carbocycles. The Kier molecular flexibility index (Phi) is 8.99. The Morgan fingerprint density at radius 3 is 1.00 bits per heavy atom. The molecule has 17 nitrogen and oxygen atoms in total. The third-order valence-corrected chi connectivity index (χ3v) is 1.04. The van der Waals surface area contributed by atoms with Gasteiger partial charge in [0, 0.05) is 31.3 Å². The molecule has 17 heteroatoms. The number of rotatable bonds is 5. The first-order chi connectivity index (χ1) is 9.79. The van der Waals surface area contributed by atoms with Gasteiger partial charge in [-0.2, -0.15) is 19.6 Å². The number of hydrogen-bond acceptors (Lipinski definition) is 7. The standard InChI is InChI=1S/C3H3N3.N14/c1-4-2-6-3-5-1;1-5-9-13(10-6-2)14(11-7-3)12-8-4/h1-3H;. The third kappa shape index (κ3) is 7.18. The molecule has 1 rings (SSSR count). The van der Waals surface area contributed by atoms with Crippen LogP contribution in [0, 0.1) is 0 Å². The smallest absolute Gasteiger partial charge is 0.119 e. The van der Waals surface area contributed by atoms with E-state index in [1.54, 1.807) is 0 Å². The van der Waals surface area contributed by atoms with Crippen molar-refractivity contribution >= 4 is 0 Å². The van der Waals surface area contributed by atoms with Crippen LogP contribution in [0.1, 0.15) is 0 Å². The molecule has 0 N–H and O–H groups in total. The van der Waals surface area contributed by atoms with E-state index in [2.05, 4.69) is 55.5 Å². The first kappa shape index (κ1) is 15.9. The van der Waals surface area contributed by atoms with Crippen molar-refractivity contribution in [2.45, 2.75) is 0 Å². The number of hydrogen-bond donors (Lipinski definition) is 0. The molecule has 0 fully saturated rings. The molecule has 1 aromatic heterocycles. The molecule has 0 unspecified atom stereocenters. The molecule has 1 aromatic rings. The number of azide groups is 2. The monoisotopic (exact) mass is 277 g/mol. The molecule has 0 aliphatic rings. The SMILES string of the molecule is [N-]=[N+]=NN(N=[N+]=[N-])N(N=[N+]=[N-])N=[N+]=[N-].c1ncncn1. The largest absolute Gasteiger partial charge is 0.225 e. The van der Waals surface area contributed by atoms with E-state index < -0.39 is 0 Å². The van der Waals surface area contributed by atoms with Crippen LogP contribution in [0.3, 0.4) is 0 Å². The summed E-state index contributed by atoms with van der Waals surface area (Å²) in [5, 5.41) is 11.2. The highest BCUT2D eigenvalue weighted by molar-refractivity contribution is 4.51. The second-order valence-electron chi connectivity index (χ2n) is 2.05. The van der Waals surface area contributed by atoms with Crippen molar-refractivity contribution in [1.29, 1.82) is 0 Å². The molecular formula is C3H3N17. The lowest BCUT2D eigenvalue weighted by Gasteiger charge is -2.07. The summed E-state index contributed by atoms with van der Waals surface area (Å²) in [6, 6.07) is 0. The molecule has 0 radical (unpaired) electrons. The van der Waals surface area contributed by atoms with Crippen LogP contribution in [0.2, 0.25) is 0 Å². The highest BCUT2D eigenvalue weighted by atomic mass is 16.1. The van der Waals surface area contributed by atoms with Gasteiger partial charge in [0.15, 0.2) is 0 Å². The Morgan fingerprint density at radius 1 is 0.600 bits per heavy atom. The van der Waals surface area contributed by atoms with Crippen molar-refractivity contribution in [1.82, 2.24) is 25.4 Å². The molecule has 0 atom stereocenters. The van der Waals surface area contributed by atoms with Gasteiger partial charge >= 0.3 is 0 Å². The quantitative estimate of drug-likeness (QED) is 0.339. The minimum Gasteiger partial charge on any atom is -0.225 e. The van der Waals surface area contributed by atoms with Gasteiger partial charge in [-0.25, -0.2) is 15.0 Å². The molecule has 100 valence electrons. The summed E-state index contributed by atoms with van der Waals surface area (Å²) < 4.78 is 0. The molecule has 0 bridgehead atoms. The minimum absolute atomic E-state index is 0.111. The fourth-order valence-corrected chi connectivity index (χ4v) is 0.527. The van der Waals surface area contributed by atoms with E-state index in [9.17, 15) is 0 Å². The van der Waals surface area contributed by atoms with Crippen LogP contribution < -0.4 is 0 Å². The van der Waals surface area contributed by atoms with E-state index >= 15 is 0 Å². The van der Waals surface area contributed by atoms with E-state index in [-0.39, 0.29) is 10.5 Å². The summed E-state index contributed by atoms with van der Waals surface area (Å²) in [6.07, 6.45) is 4.31. The van der Waals surface area contributed by atoms with E-state index in [1.165, 1.54) is 19.0 Å². The van der Waals surface area contributed by atoms with Gasteiger partial charge in [0.2, 0.25) is 0 Å². The first-order valence-corrected chi connectivity index (χ1v) is 4.15. The summed E-state index contributed by atoms with van der Waals surface area (Å²) in [6.45, 7) is 0. The Hall–Kier alpha value is -4.15. The Labute approximate surface area is 108 Å². The minimum atomic E-state index is 0.111. The van der Waals surface area contributed by atoms with Crippen molar-refractivity contribution < 1.29 is 0 Å². The van der Waals surface area contributed by atoms with E-state index in [0.717, 1.165) is 0 Å². The summed E-state index contributed by atoms with van der Waals surface area (Å²) in [5.74, 6) is 0.